The second-order valence-electron chi connectivity index (χ2n) is 7.58. The zero-order valence-electron chi connectivity index (χ0n) is 18.5. The molecule has 2 unspecified atom stereocenters. The molecule has 2 amide bonds. The molecule has 194 valence electrons. The van der Waals surface area contributed by atoms with Crippen LogP contribution in [0.1, 0.15) is 18.2 Å². The number of nitrogens with zero attached hydrogens (tertiary/aromatic N) is 6. The van der Waals surface area contributed by atoms with E-state index in [0.717, 1.165) is 41.1 Å². The van der Waals surface area contributed by atoms with Crippen molar-refractivity contribution in [2.45, 2.75) is 27.9 Å². The summed E-state index contributed by atoms with van der Waals surface area (Å²) in [4.78, 5) is 40.7. The first-order chi connectivity index (χ1) is 16.9. The van der Waals surface area contributed by atoms with Crippen LogP contribution in [-0.2, 0) is 31.4 Å². The van der Waals surface area contributed by atoms with Crippen molar-refractivity contribution in [3.8, 4) is 0 Å². The zero-order chi connectivity index (χ0) is 26.3. The summed E-state index contributed by atoms with van der Waals surface area (Å²) < 4.78 is 32.5. The van der Waals surface area contributed by atoms with Crippen LogP contribution in [0.25, 0.3) is 0 Å². The highest BCUT2D eigenvalue weighted by molar-refractivity contribution is 8.04. The molecule has 20 heteroatoms. The number of β-lactam (4-membered cyclic amide) rings is 1. The second-order valence-corrected chi connectivity index (χ2v) is 12.7. The lowest BCUT2D eigenvalue weighted by Crippen LogP contribution is -2.61. The smallest absolute Gasteiger partial charge is 0.449 e. The number of tetrazole rings is 1. The number of nitrogens with one attached hydrogen (secondary N) is 2. The van der Waals surface area contributed by atoms with Crippen molar-refractivity contribution in [2.75, 3.05) is 17.7 Å². The molecule has 3 atom stereocenters. The Labute approximate surface area is 216 Å². The largest absolute Gasteiger partial charge is 0.512 e. The average Bonchev–Trinajstić information content (AvgIpc) is 3.36. The van der Waals surface area contributed by atoms with Gasteiger partial charge in [0.05, 0.1) is 23.7 Å². The summed E-state index contributed by atoms with van der Waals surface area (Å²) in [5.74, 6) is -1.35. The van der Waals surface area contributed by atoms with Crippen molar-refractivity contribution in [2.24, 2.45) is 7.05 Å². The third-order valence-electron chi connectivity index (χ3n) is 4.80. The number of thiazole rings is 1. The lowest BCUT2D eigenvalue weighted by molar-refractivity contribution is -0.141. The topological polar surface area (TPSA) is 225 Å². The molecular formula is C16H19N9O7S4. The minimum atomic E-state index is -3.86. The normalized spacial score (nSPS) is 22.3. The van der Waals surface area contributed by atoms with Gasteiger partial charge in [0, 0.05) is 24.3 Å². The van der Waals surface area contributed by atoms with Gasteiger partial charge in [0.2, 0.25) is 32.9 Å². The highest BCUT2D eigenvalue weighted by Gasteiger charge is 2.51. The number of carbonyl (C=O) groups excluding carboxylic acids is 2. The zero-order valence-corrected chi connectivity index (χ0v) is 21.8. The van der Waals surface area contributed by atoms with Crippen LogP contribution in [0, 0.1) is 0 Å². The predicted molar refractivity (Wildman–Crippen MR) is 128 cm³/mol. The van der Waals surface area contributed by atoms with Crippen LogP contribution in [0.2, 0.25) is 0 Å². The monoisotopic (exact) mass is 577 g/mol. The fraction of sp³-hybridized carbons (Fsp3) is 0.438. The molecule has 0 spiro atoms. The van der Waals surface area contributed by atoms with Crippen LogP contribution in [0.5, 0.6) is 0 Å². The lowest BCUT2D eigenvalue weighted by atomic mass is 10.1. The fourth-order valence-corrected chi connectivity index (χ4v) is 7.21. The van der Waals surface area contributed by atoms with Crippen LogP contribution >= 0.6 is 34.9 Å². The van der Waals surface area contributed by atoms with Crippen molar-refractivity contribution in [1.82, 2.24) is 40.1 Å². The Balaban J connectivity index is 1.70. The molecule has 4 heterocycles. The molecule has 36 heavy (non-hydrogen) atoms. The van der Waals surface area contributed by atoms with Crippen LogP contribution in [0.4, 0.5) is 9.93 Å². The molecule has 0 aliphatic carbocycles. The lowest BCUT2D eigenvalue weighted by Gasteiger charge is -2.48. The summed E-state index contributed by atoms with van der Waals surface area (Å²) in [6.45, 7) is 0. The Morgan fingerprint density at radius 1 is 1.47 bits per heavy atom. The van der Waals surface area contributed by atoms with Crippen LogP contribution in [-0.4, -0.2) is 83.8 Å². The van der Waals surface area contributed by atoms with E-state index in [0.29, 0.717) is 5.16 Å². The summed E-state index contributed by atoms with van der Waals surface area (Å²) in [6.07, 6.45) is 0.612. The van der Waals surface area contributed by atoms with Gasteiger partial charge in [0.1, 0.15) is 10.9 Å². The van der Waals surface area contributed by atoms with Gasteiger partial charge < -0.3 is 20.9 Å². The van der Waals surface area contributed by atoms with Gasteiger partial charge in [-0.25, -0.2) is 22.9 Å². The minimum absolute atomic E-state index is 0.0629. The molecule has 0 aromatic carbocycles. The second kappa shape index (κ2) is 9.84. The molecule has 2 aliphatic rings. The number of hydrogen-bond donors (Lipinski definition) is 4. The highest BCUT2D eigenvalue weighted by Crippen LogP contribution is 2.47. The van der Waals surface area contributed by atoms with E-state index in [9.17, 15) is 27.9 Å². The number of anilines is 1. The summed E-state index contributed by atoms with van der Waals surface area (Å²) in [5, 5.41) is 24.6. The maximum atomic E-state index is 13.5. The molecule has 4 rings (SSSR count). The number of carboxylic acid groups (broad SMARTS) is 1. The third kappa shape index (κ3) is 5.72. The standard InChI is InChI=1S/C16H19N9O7S4/c1-24-14(20-22-23-24)34-6-16(4-9(32-15(28)29)25-8(26)3-10(25)35-16)19-12(27)11(21-36(2,30)31)7-5-33-13(17)18-7/h4-5,10-11,21H,3,6H2,1-2H3,(H2,17,18)(H,19,27)(H,28,29)/t10-,11?,16?/m0/s1. The van der Waals surface area contributed by atoms with Crippen molar-refractivity contribution in [1.29, 1.82) is 0 Å². The summed E-state index contributed by atoms with van der Waals surface area (Å²) in [6, 6.07) is -1.44. The van der Waals surface area contributed by atoms with Gasteiger partial charge in [0.25, 0.3) is 0 Å². The average molecular weight is 578 g/mol. The molecule has 2 aliphatic heterocycles. The van der Waals surface area contributed by atoms with Crippen LogP contribution in [0.15, 0.2) is 22.5 Å². The number of nitrogen functional groups attached to an aromatic ring is 1. The molecule has 2 aromatic heterocycles. The first kappa shape index (κ1) is 26.1. The van der Waals surface area contributed by atoms with Gasteiger partial charge in [-0.2, -0.15) is 4.72 Å². The molecule has 1 fully saturated rings. The molecule has 0 saturated carbocycles. The number of rotatable bonds is 9. The van der Waals surface area contributed by atoms with Gasteiger partial charge in [-0.1, -0.05) is 11.8 Å². The molecule has 0 radical (unpaired) electrons. The van der Waals surface area contributed by atoms with E-state index in [-0.39, 0.29) is 34.8 Å². The van der Waals surface area contributed by atoms with Crippen molar-refractivity contribution in [3.05, 3.63) is 23.0 Å². The van der Waals surface area contributed by atoms with Gasteiger partial charge in [-0.15, -0.1) is 28.2 Å². The molecule has 1 saturated heterocycles. The summed E-state index contributed by atoms with van der Waals surface area (Å²) >= 11 is 3.33. The molecule has 16 nitrogen and oxygen atoms in total. The molecular weight excluding hydrogens is 559 g/mol. The van der Waals surface area contributed by atoms with Gasteiger partial charge in [-0.3, -0.25) is 14.5 Å². The van der Waals surface area contributed by atoms with E-state index in [1.807, 2.05) is 0 Å². The van der Waals surface area contributed by atoms with Crippen LogP contribution < -0.4 is 15.8 Å². The van der Waals surface area contributed by atoms with Crippen molar-refractivity contribution in [3.63, 3.8) is 0 Å². The number of ether oxygens (including phenoxy) is 1. The Morgan fingerprint density at radius 3 is 2.78 bits per heavy atom. The number of hydrogen-bond acceptors (Lipinski definition) is 14. The maximum Gasteiger partial charge on any atom is 0.512 e. The molecule has 2 aromatic rings. The Hall–Kier alpha value is -2.94. The maximum absolute atomic E-state index is 13.5. The van der Waals surface area contributed by atoms with Gasteiger partial charge >= 0.3 is 6.16 Å². The van der Waals surface area contributed by atoms with Crippen molar-refractivity contribution < 1.29 is 32.6 Å². The van der Waals surface area contributed by atoms with E-state index in [1.165, 1.54) is 21.0 Å². The van der Waals surface area contributed by atoms with E-state index in [1.54, 1.807) is 7.05 Å². The number of thioether (sulfide) groups is 2. The number of sulfonamides is 1. The van der Waals surface area contributed by atoms with Crippen molar-refractivity contribution >= 4 is 68.0 Å². The Kier molecular flexibility index (Phi) is 7.14. The third-order valence-corrected chi connectivity index (χ3v) is 8.98. The number of fused-ring (bicyclic) bond motifs is 1. The van der Waals surface area contributed by atoms with E-state index < -0.39 is 38.4 Å². The Bertz CT molecular complexity index is 1340. The number of nitrogens with two attached hydrogens (primary N) is 1. The Morgan fingerprint density at radius 2 is 2.22 bits per heavy atom. The van der Waals surface area contributed by atoms with E-state index in [4.69, 9.17) is 10.5 Å². The summed E-state index contributed by atoms with van der Waals surface area (Å²) in [5.41, 5.74) is 5.75. The SMILES string of the molecule is Cn1nnnc1SCC1(NC(=O)C(NS(C)(=O)=O)c2csc(N)n2)C=C(OC(=O)O)N2C(=O)C[C@@H]2S1. The fourth-order valence-electron chi connectivity index (χ4n) is 3.33. The highest BCUT2D eigenvalue weighted by atomic mass is 32.2. The number of aryl methyl sites for hydroxylation is 1. The summed E-state index contributed by atoms with van der Waals surface area (Å²) in [7, 11) is -2.25. The van der Waals surface area contributed by atoms with Gasteiger partial charge in [0.15, 0.2) is 5.13 Å². The van der Waals surface area contributed by atoms with Crippen LogP contribution in [0.3, 0.4) is 0 Å². The molecule has 5 N–H and O–H groups in total. The first-order valence-electron chi connectivity index (χ1n) is 9.85. The van der Waals surface area contributed by atoms with E-state index >= 15 is 0 Å². The van der Waals surface area contributed by atoms with Gasteiger partial charge in [-0.05, 0) is 10.4 Å². The number of carbonyl (C=O) groups is 3. The number of aromatic nitrogens is 5. The number of amides is 2. The minimum Gasteiger partial charge on any atom is -0.449 e. The predicted octanol–water partition coefficient (Wildman–Crippen LogP) is -0.715. The first-order valence-corrected chi connectivity index (χ1v) is 14.5. The van der Waals surface area contributed by atoms with E-state index in [2.05, 4.69) is 30.5 Å². The molecule has 0 bridgehead atoms. The quantitative estimate of drug-likeness (QED) is 0.164.